The number of aromatic nitrogens is 2. The SMILES string of the molecule is CCC[C@@H](O)COc1ccc(Cl)c(-c2nc(C(C(C)=N)=C(C)C)c(C)c(N3CC4(CC(OCCOC)C4)C3)n2)c1. The van der Waals surface area contributed by atoms with Crippen molar-refractivity contribution in [3.05, 3.63) is 40.1 Å². The molecule has 4 rings (SSSR count). The molecule has 1 aromatic heterocycles. The number of aliphatic hydroxyl groups is 1. The first-order valence-electron chi connectivity index (χ1n) is 14.2. The summed E-state index contributed by atoms with van der Waals surface area (Å²) in [6, 6.07) is 5.41. The van der Waals surface area contributed by atoms with E-state index in [1.54, 1.807) is 26.2 Å². The molecule has 2 aromatic rings. The van der Waals surface area contributed by atoms with Crippen molar-refractivity contribution in [2.75, 3.05) is 44.9 Å². The molecule has 1 atom stereocenters. The van der Waals surface area contributed by atoms with Crippen molar-refractivity contribution < 1.29 is 19.3 Å². The number of nitrogens with zero attached hydrogens (tertiary/aromatic N) is 3. The van der Waals surface area contributed by atoms with Gasteiger partial charge in [-0.25, -0.2) is 9.97 Å². The lowest BCUT2D eigenvalue weighted by atomic mass is 9.61. The highest BCUT2D eigenvalue weighted by molar-refractivity contribution is 6.33. The lowest BCUT2D eigenvalue weighted by Gasteiger charge is -2.59. The molecule has 1 aliphatic carbocycles. The van der Waals surface area contributed by atoms with E-state index in [2.05, 4.69) is 4.90 Å². The topological polar surface area (TPSA) is 101 Å². The number of hydrogen-bond donors (Lipinski definition) is 2. The first-order valence-corrected chi connectivity index (χ1v) is 14.5. The van der Waals surface area contributed by atoms with Gasteiger partial charge in [0, 0.05) is 48.0 Å². The zero-order chi connectivity index (χ0) is 29.0. The molecule has 40 heavy (non-hydrogen) atoms. The van der Waals surface area contributed by atoms with Crippen molar-refractivity contribution in [2.24, 2.45) is 5.41 Å². The monoisotopic (exact) mass is 570 g/mol. The van der Waals surface area contributed by atoms with Gasteiger partial charge in [-0.05, 0) is 65.2 Å². The fourth-order valence-electron chi connectivity index (χ4n) is 5.83. The van der Waals surface area contributed by atoms with Crippen LogP contribution in [0.3, 0.4) is 0 Å². The Balaban J connectivity index is 1.65. The van der Waals surface area contributed by atoms with Crippen LogP contribution in [-0.4, -0.2) is 73.0 Å². The first kappa shape index (κ1) is 30.4. The third kappa shape index (κ3) is 6.68. The Morgan fingerprint density at radius 1 is 1.20 bits per heavy atom. The molecule has 2 heterocycles. The number of hydrogen-bond acceptors (Lipinski definition) is 8. The minimum absolute atomic E-state index is 0.209. The third-order valence-corrected chi connectivity index (χ3v) is 8.12. The van der Waals surface area contributed by atoms with Crippen LogP contribution in [-0.2, 0) is 9.47 Å². The lowest BCUT2D eigenvalue weighted by Crippen LogP contribution is -2.64. The predicted molar refractivity (Wildman–Crippen MR) is 161 cm³/mol. The molecule has 1 aromatic carbocycles. The molecule has 1 spiro atoms. The van der Waals surface area contributed by atoms with Gasteiger partial charge in [0.25, 0.3) is 0 Å². The maximum absolute atomic E-state index is 10.1. The molecule has 1 aliphatic heterocycles. The number of anilines is 1. The fraction of sp³-hybridized carbons (Fsp3) is 0.581. The average molecular weight is 571 g/mol. The maximum atomic E-state index is 10.1. The number of allylic oxidation sites excluding steroid dienone is 2. The van der Waals surface area contributed by atoms with E-state index in [0.29, 0.717) is 53.6 Å². The summed E-state index contributed by atoms with van der Waals surface area (Å²) in [5.41, 5.74) is 4.93. The standard InChI is InChI=1S/C31H43ClN4O4/c1-7-8-22(37)16-40-23-9-10-26(32)25(13-23)29-34-28(27(19(2)3)21(5)33)20(4)30(35-29)36-17-31(18-36)14-24(15-31)39-12-11-38-6/h9-10,13,22,24,33,37H,7-8,11-12,14-18H2,1-6H3/t22-/m1/s1. The summed E-state index contributed by atoms with van der Waals surface area (Å²) in [5, 5.41) is 19.2. The number of aliphatic hydroxyl groups excluding tert-OH is 1. The molecule has 8 nitrogen and oxygen atoms in total. The molecule has 0 radical (unpaired) electrons. The summed E-state index contributed by atoms with van der Waals surface area (Å²) in [5.74, 6) is 1.97. The van der Waals surface area contributed by atoms with Gasteiger partial charge in [-0.3, -0.25) is 0 Å². The molecule has 0 amide bonds. The highest BCUT2D eigenvalue weighted by atomic mass is 35.5. The highest BCUT2D eigenvalue weighted by Gasteiger charge is 2.53. The van der Waals surface area contributed by atoms with Gasteiger partial charge in [-0.15, -0.1) is 0 Å². The van der Waals surface area contributed by atoms with Gasteiger partial charge < -0.3 is 29.6 Å². The number of benzene rings is 1. The van der Waals surface area contributed by atoms with Gasteiger partial charge in [-0.2, -0.15) is 0 Å². The van der Waals surface area contributed by atoms with E-state index in [1.807, 2.05) is 33.8 Å². The lowest BCUT2D eigenvalue weighted by molar-refractivity contribution is -0.101. The second-order valence-electron chi connectivity index (χ2n) is 11.5. The van der Waals surface area contributed by atoms with Crippen LogP contribution < -0.4 is 9.64 Å². The van der Waals surface area contributed by atoms with E-state index < -0.39 is 6.10 Å². The smallest absolute Gasteiger partial charge is 0.163 e. The molecular formula is C31H43ClN4O4. The van der Waals surface area contributed by atoms with Crippen molar-refractivity contribution in [3.8, 4) is 17.1 Å². The summed E-state index contributed by atoms with van der Waals surface area (Å²) >= 11 is 6.69. The molecule has 1 saturated heterocycles. The second kappa shape index (κ2) is 13.0. The van der Waals surface area contributed by atoms with Crippen LogP contribution in [0.25, 0.3) is 17.0 Å². The summed E-state index contributed by atoms with van der Waals surface area (Å²) in [7, 11) is 1.69. The van der Waals surface area contributed by atoms with Crippen LogP contribution in [0.2, 0.25) is 5.02 Å². The van der Waals surface area contributed by atoms with E-state index in [1.165, 1.54) is 0 Å². The molecule has 1 saturated carbocycles. The van der Waals surface area contributed by atoms with E-state index >= 15 is 0 Å². The van der Waals surface area contributed by atoms with Crippen molar-refractivity contribution in [3.63, 3.8) is 0 Å². The molecule has 218 valence electrons. The summed E-state index contributed by atoms with van der Waals surface area (Å²) in [6.45, 7) is 13.2. The van der Waals surface area contributed by atoms with Crippen molar-refractivity contribution in [1.29, 1.82) is 5.41 Å². The van der Waals surface area contributed by atoms with Crippen LogP contribution in [0.1, 0.15) is 64.6 Å². The molecule has 2 aliphatic rings. The molecule has 2 fully saturated rings. The van der Waals surface area contributed by atoms with Crippen LogP contribution >= 0.6 is 11.6 Å². The summed E-state index contributed by atoms with van der Waals surface area (Å²) in [6.07, 6.45) is 3.43. The minimum Gasteiger partial charge on any atom is -0.491 e. The maximum Gasteiger partial charge on any atom is 0.163 e. The zero-order valence-electron chi connectivity index (χ0n) is 24.6. The second-order valence-corrected chi connectivity index (χ2v) is 11.9. The average Bonchev–Trinajstić information content (AvgIpc) is 2.85. The Bertz CT molecular complexity index is 1250. The number of halogens is 1. The van der Waals surface area contributed by atoms with Gasteiger partial charge >= 0.3 is 0 Å². The Morgan fingerprint density at radius 2 is 1.93 bits per heavy atom. The van der Waals surface area contributed by atoms with Gasteiger partial charge in [0.15, 0.2) is 5.82 Å². The number of methoxy groups -OCH3 is 1. The van der Waals surface area contributed by atoms with Gasteiger partial charge in [-0.1, -0.05) is 30.5 Å². The van der Waals surface area contributed by atoms with E-state index in [9.17, 15) is 5.11 Å². The Labute approximate surface area is 243 Å². The minimum atomic E-state index is -0.524. The first-order chi connectivity index (χ1) is 19.1. The van der Waals surface area contributed by atoms with Crippen molar-refractivity contribution >= 4 is 28.7 Å². The Kier molecular flexibility index (Phi) is 9.88. The van der Waals surface area contributed by atoms with E-state index in [4.69, 9.17) is 41.2 Å². The summed E-state index contributed by atoms with van der Waals surface area (Å²) in [4.78, 5) is 12.3. The normalized spacial score (nSPS) is 16.9. The Morgan fingerprint density at radius 3 is 2.55 bits per heavy atom. The van der Waals surface area contributed by atoms with Crippen LogP contribution in [0, 0.1) is 17.7 Å². The number of nitrogens with one attached hydrogen (secondary N) is 1. The van der Waals surface area contributed by atoms with E-state index in [-0.39, 0.29) is 12.0 Å². The largest absolute Gasteiger partial charge is 0.491 e. The van der Waals surface area contributed by atoms with Crippen LogP contribution in [0.4, 0.5) is 5.82 Å². The Hall–Kier alpha value is -2.52. The predicted octanol–water partition coefficient (Wildman–Crippen LogP) is 6.11. The number of ether oxygens (including phenoxy) is 3. The fourth-order valence-corrected chi connectivity index (χ4v) is 6.04. The van der Waals surface area contributed by atoms with Gasteiger partial charge in [0.05, 0.1) is 36.1 Å². The summed E-state index contributed by atoms with van der Waals surface area (Å²) < 4.78 is 16.9. The zero-order valence-corrected chi connectivity index (χ0v) is 25.4. The van der Waals surface area contributed by atoms with Crippen LogP contribution in [0.5, 0.6) is 5.75 Å². The molecule has 0 unspecified atom stereocenters. The van der Waals surface area contributed by atoms with E-state index in [0.717, 1.165) is 60.6 Å². The van der Waals surface area contributed by atoms with Crippen molar-refractivity contribution in [2.45, 2.75) is 72.5 Å². The third-order valence-electron chi connectivity index (χ3n) is 7.79. The number of rotatable bonds is 13. The van der Waals surface area contributed by atoms with Gasteiger partial charge in [0.1, 0.15) is 18.2 Å². The molecule has 2 N–H and O–H groups in total. The molecule has 0 bridgehead atoms. The quantitative estimate of drug-likeness (QED) is 0.221. The molecular weight excluding hydrogens is 528 g/mol. The van der Waals surface area contributed by atoms with Gasteiger partial charge in [0.2, 0.25) is 0 Å². The highest BCUT2D eigenvalue weighted by Crippen LogP contribution is 2.51. The van der Waals surface area contributed by atoms with Crippen LogP contribution in [0.15, 0.2) is 23.8 Å². The van der Waals surface area contributed by atoms with Crippen molar-refractivity contribution in [1.82, 2.24) is 9.97 Å². The molecule has 9 heteroatoms.